The summed E-state index contributed by atoms with van der Waals surface area (Å²) in [6.07, 6.45) is 6.54. The molecule has 2 bridgehead atoms. The predicted molar refractivity (Wildman–Crippen MR) is 64.3 cm³/mol. The van der Waals surface area contributed by atoms with E-state index >= 15 is 0 Å². The topological polar surface area (TPSA) is 72.9 Å². The average molecular weight is 234 g/mol. The van der Waals surface area contributed by atoms with Crippen molar-refractivity contribution in [1.29, 1.82) is 0 Å². The summed E-state index contributed by atoms with van der Waals surface area (Å²) < 4.78 is 1.54. The van der Waals surface area contributed by atoms with Crippen molar-refractivity contribution >= 4 is 11.6 Å². The molecule has 0 aliphatic heterocycles. The second-order valence-electron chi connectivity index (χ2n) is 5.33. The molecule has 0 spiro atoms. The van der Waals surface area contributed by atoms with E-state index in [1.54, 1.807) is 7.05 Å². The highest BCUT2D eigenvalue weighted by Crippen LogP contribution is 2.44. The number of carbonyl (C=O) groups is 1. The minimum Gasteiger partial charge on any atom is -0.396 e. The maximum absolute atomic E-state index is 12.1. The number of aryl methyl sites for hydroxylation is 1. The van der Waals surface area contributed by atoms with Gasteiger partial charge in [-0.15, -0.1) is 0 Å². The Bertz CT molecular complexity index is 434. The van der Waals surface area contributed by atoms with Crippen molar-refractivity contribution in [3.63, 3.8) is 0 Å². The number of hydrogen-bond acceptors (Lipinski definition) is 3. The first-order valence-electron chi connectivity index (χ1n) is 6.23. The lowest BCUT2D eigenvalue weighted by Crippen LogP contribution is -2.39. The van der Waals surface area contributed by atoms with Gasteiger partial charge in [-0.1, -0.05) is 6.42 Å². The van der Waals surface area contributed by atoms with Gasteiger partial charge in [-0.25, -0.2) is 0 Å². The first kappa shape index (κ1) is 10.6. The van der Waals surface area contributed by atoms with E-state index in [2.05, 4.69) is 10.4 Å². The van der Waals surface area contributed by atoms with Gasteiger partial charge >= 0.3 is 0 Å². The predicted octanol–water partition coefficient (Wildman–Crippen LogP) is 0.921. The van der Waals surface area contributed by atoms with Crippen LogP contribution in [0.3, 0.4) is 0 Å². The van der Waals surface area contributed by atoms with Crippen molar-refractivity contribution in [2.45, 2.75) is 31.7 Å². The molecule has 1 heterocycles. The third-order valence-corrected chi connectivity index (χ3v) is 4.24. The third-order valence-electron chi connectivity index (χ3n) is 4.24. The summed E-state index contributed by atoms with van der Waals surface area (Å²) in [6.45, 7) is 0. The Kier molecular flexibility index (Phi) is 2.34. The fourth-order valence-corrected chi connectivity index (χ4v) is 3.39. The quantitative estimate of drug-likeness (QED) is 0.799. The molecule has 3 atom stereocenters. The number of anilines is 1. The van der Waals surface area contributed by atoms with Crippen molar-refractivity contribution in [2.24, 2.45) is 18.9 Å². The Labute approximate surface area is 100 Å². The van der Waals surface area contributed by atoms with E-state index in [-0.39, 0.29) is 5.91 Å². The molecule has 0 aromatic carbocycles. The number of hydrogen-bond donors (Lipinski definition) is 2. The van der Waals surface area contributed by atoms with Crippen LogP contribution in [0.25, 0.3) is 0 Å². The first-order chi connectivity index (χ1) is 8.15. The lowest BCUT2D eigenvalue weighted by Gasteiger charge is -2.22. The molecule has 3 rings (SSSR count). The fourth-order valence-electron chi connectivity index (χ4n) is 3.39. The summed E-state index contributed by atoms with van der Waals surface area (Å²) in [5.74, 6) is 1.42. The van der Waals surface area contributed by atoms with Gasteiger partial charge in [0.15, 0.2) is 0 Å². The zero-order valence-corrected chi connectivity index (χ0v) is 10.0. The molecular weight excluding hydrogens is 216 g/mol. The maximum Gasteiger partial charge on any atom is 0.271 e. The smallest absolute Gasteiger partial charge is 0.271 e. The zero-order chi connectivity index (χ0) is 12.0. The van der Waals surface area contributed by atoms with Gasteiger partial charge in [0.1, 0.15) is 5.69 Å². The SMILES string of the molecule is Cn1ncc(N)c1C(=O)NC1CC2CCC1C2. The number of rotatable bonds is 2. The molecule has 2 saturated carbocycles. The van der Waals surface area contributed by atoms with Gasteiger partial charge in [0.05, 0.1) is 11.9 Å². The van der Waals surface area contributed by atoms with E-state index < -0.39 is 0 Å². The Balaban J connectivity index is 1.72. The van der Waals surface area contributed by atoms with E-state index in [4.69, 9.17) is 5.73 Å². The van der Waals surface area contributed by atoms with Crippen LogP contribution in [0.1, 0.15) is 36.2 Å². The van der Waals surface area contributed by atoms with Crippen molar-refractivity contribution in [3.05, 3.63) is 11.9 Å². The lowest BCUT2D eigenvalue weighted by atomic mass is 9.95. The van der Waals surface area contributed by atoms with Gasteiger partial charge in [0, 0.05) is 13.1 Å². The van der Waals surface area contributed by atoms with Crippen molar-refractivity contribution in [3.8, 4) is 0 Å². The molecule has 3 unspecified atom stereocenters. The van der Waals surface area contributed by atoms with Crippen molar-refractivity contribution in [2.75, 3.05) is 5.73 Å². The Morgan fingerprint density at radius 3 is 2.88 bits per heavy atom. The highest BCUT2D eigenvalue weighted by Gasteiger charge is 2.40. The number of amides is 1. The van der Waals surface area contributed by atoms with E-state index in [0.29, 0.717) is 23.3 Å². The normalized spacial score (nSPS) is 30.8. The number of nitrogen functional groups attached to an aromatic ring is 1. The molecule has 1 amide bonds. The molecule has 1 aromatic heterocycles. The summed E-state index contributed by atoms with van der Waals surface area (Å²) in [5, 5.41) is 7.11. The largest absolute Gasteiger partial charge is 0.396 e. The van der Waals surface area contributed by atoms with E-state index in [1.807, 2.05) is 0 Å². The Morgan fingerprint density at radius 1 is 1.53 bits per heavy atom. The standard InChI is InChI=1S/C12H18N4O/c1-16-11(9(13)6-14-16)12(17)15-10-5-7-2-3-8(10)4-7/h6-8,10H,2-5,13H2,1H3,(H,15,17). The Hall–Kier alpha value is -1.52. The van der Waals surface area contributed by atoms with Crippen LogP contribution in [0.15, 0.2) is 6.20 Å². The molecule has 2 aliphatic carbocycles. The minimum absolute atomic E-state index is 0.0833. The van der Waals surface area contributed by atoms with Gasteiger partial charge in [-0.2, -0.15) is 5.10 Å². The van der Waals surface area contributed by atoms with Crippen LogP contribution >= 0.6 is 0 Å². The molecule has 0 radical (unpaired) electrons. The Morgan fingerprint density at radius 2 is 2.35 bits per heavy atom. The summed E-state index contributed by atoms with van der Waals surface area (Å²) in [7, 11) is 1.74. The molecule has 3 N–H and O–H groups in total. The highest BCUT2D eigenvalue weighted by atomic mass is 16.2. The van der Waals surface area contributed by atoms with Gasteiger partial charge in [-0.05, 0) is 31.1 Å². The molecule has 5 nitrogen and oxygen atoms in total. The second kappa shape index (κ2) is 3.75. The lowest BCUT2D eigenvalue weighted by molar-refractivity contribution is 0.0914. The second-order valence-corrected chi connectivity index (χ2v) is 5.33. The third kappa shape index (κ3) is 1.69. The number of aromatic nitrogens is 2. The zero-order valence-electron chi connectivity index (χ0n) is 10.0. The minimum atomic E-state index is -0.0833. The van der Waals surface area contributed by atoms with Crippen LogP contribution in [0.5, 0.6) is 0 Å². The van der Waals surface area contributed by atoms with Crippen LogP contribution in [-0.2, 0) is 7.05 Å². The summed E-state index contributed by atoms with van der Waals surface area (Å²) >= 11 is 0. The molecule has 92 valence electrons. The van der Waals surface area contributed by atoms with E-state index in [1.165, 1.54) is 30.1 Å². The van der Waals surface area contributed by atoms with Crippen molar-refractivity contribution < 1.29 is 4.79 Å². The van der Waals surface area contributed by atoms with Crippen LogP contribution in [0.4, 0.5) is 5.69 Å². The monoisotopic (exact) mass is 234 g/mol. The number of nitrogens with zero attached hydrogens (tertiary/aromatic N) is 2. The number of carbonyl (C=O) groups excluding carboxylic acids is 1. The summed E-state index contributed by atoms with van der Waals surface area (Å²) in [4.78, 5) is 12.1. The number of nitrogens with one attached hydrogen (secondary N) is 1. The average Bonchev–Trinajstić information content (AvgIpc) is 2.94. The van der Waals surface area contributed by atoms with Crippen LogP contribution in [-0.4, -0.2) is 21.7 Å². The summed E-state index contributed by atoms with van der Waals surface area (Å²) in [6, 6.07) is 0.343. The van der Waals surface area contributed by atoms with Gasteiger partial charge in [-0.3, -0.25) is 9.48 Å². The molecule has 2 fully saturated rings. The molecule has 0 saturated heterocycles. The van der Waals surface area contributed by atoms with E-state index in [0.717, 1.165) is 12.3 Å². The molecular formula is C12H18N4O. The number of nitrogens with two attached hydrogens (primary N) is 1. The van der Waals surface area contributed by atoms with Gasteiger partial charge < -0.3 is 11.1 Å². The molecule has 17 heavy (non-hydrogen) atoms. The fraction of sp³-hybridized carbons (Fsp3) is 0.667. The number of fused-ring (bicyclic) bond motifs is 2. The van der Waals surface area contributed by atoms with Crippen molar-refractivity contribution in [1.82, 2.24) is 15.1 Å². The molecule has 1 aromatic rings. The highest BCUT2D eigenvalue weighted by molar-refractivity contribution is 5.97. The van der Waals surface area contributed by atoms with Crippen LogP contribution in [0, 0.1) is 11.8 Å². The summed E-state index contributed by atoms with van der Waals surface area (Å²) in [5.41, 5.74) is 6.68. The molecule has 5 heteroatoms. The molecule has 2 aliphatic rings. The van der Waals surface area contributed by atoms with Crippen LogP contribution < -0.4 is 11.1 Å². The van der Waals surface area contributed by atoms with Crippen LogP contribution in [0.2, 0.25) is 0 Å². The van der Waals surface area contributed by atoms with Gasteiger partial charge in [0.2, 0.25) is 0 Å². The van der Waals surface area contributed by atoms with Gasteiger partial charge in [0.25, 0.3) is 5.91 Å². The first-order valence-corrected chi connectivity index (χ1v) is 6.23. The van der Waals surface area contributed by atoms with E-state index in [9.17, 15) is 4.79 Å². The maximum atomic E-state index is 12.1.